The zero-order valence-electron chi connectivity index (χ0n) is 56.6. The summed E-state index contributed by atoms with van der Waals surface area (Å²) in [5.74, 6) is -0.569. The number of likely N-dealkylation sites (N-methyl/N-ethyl adjacent to an activating group) is 1. The molecule has 0 fully saturated rings. The van der Waals surface area contributed by atoms with Crippen LogP contribution in [0.5, 0.6) is 0 Å². The second-order valence-corrected chi connectivity index (χ2v) is 26.8. The maximum absolute atomic E-state index is 13.6. The van der Waals surface area contributed by atoms with Gasteiger partial charge in [0.05, 0.1) is 33.8 Å². The highest BCUT2D eigenvalue weighted by Gasteiger charge is 2.27. The molecule has 0 aromatic rings. The number of phosphoric ester groups is 1. The van der Waals surface area contributed by atoms with Crippen molar-refractivity contribution in [3.05, 3.63) is 85.1 Å². The van der Waals surface area contributed by atoms with Gasteiger partial charge in [0.2, 0.25) is 5.91 Å². The molecule has 1 amide bonds. The number of carbonyl (C=O) groups excluding carboxylic acids is 2. The van der Waals surface area contributed by atoms with Gasteiger partial charge in [0.1, 0.15) is 19.3 Å². The molecule has 9 nitrogen and oxygen atoms in total. The highest BCUT2D eigenvalue weighted by molar-refractivity contribution is 7.45. The third-order valence-corrected chi connectivity index (χ3v) is 16.8. The SMILES string of the molecule is CCCCC/C=C\C/C=C\C/C=C\C/C=C\CCCCCC(=O)OC(/C=C\CCCCCCCCCCCCC)C(COP(=O)([O-])OCC[N+](C)(C)C)NC(=O)CCCCCCCCCCCCCCCCCCC/C=C\C/C=C\CCCCC. The van der Waals surface area contributed by atoms with E-state index in [0.29, 0.717) is 23.9 Å². The van der Waals surface area contributed by atoms with E-state index in [2.05, 4.69) is 99.0 Å². The Kier molecular flexibility index (Phi) is 62.1. The van der Waals surface area contributed by atoms with Gasteiger partial charge in [-0.15, -0.1) is 0 Å². The highest BCUT2D eigenvalue weighted by atomic mass is 31.2. The van der Waals surface area contributed by atoms with Gasteiger partial charge in [-0.05, 0) is 109 Å². The molecular weight excluding hydrogens is 1070 g/mol. The van der Waals surface area contributed by atoms with Gasteiger partial charge in [0, 0.05) is 12.8 Å². The molecule has 0 aromatic carbocycles. The lowest BCUT2D eigenvalue weighted by Crippen LogP contribution is -2.47. The largest absolute Gasteiger partial charge is 0.756 e. The summed E-state index contributed by atoms with van der Waals surface area (Å²) in [5, 5.41) is 3.04. The molecule has 0 aliphatic rings. The number of phosphoric acid groups is 1. The van der Waals surface area contributed by atoms with Crippen molar-refractivity contribution in [3.8, 4) is 0 Å². The summed E-state index contributed by atoms with van der Waals surface area (Å²) in [6.07, 6.45) is 85.7. The van der Waals surface area contributed by atoms with Crippen LogP contribution in [0.15, 0.2) is 85.1 Å². The predicted octanol–water partition coefficient (Wildman–Crippen LogP) is 22.3. The summed E-state index contributed by atoms with van der Waals surface area (Å²) in [6.45, 7) is 6.80. The standard InChI is InChI=1S/C75H137N2O7P/c1-7-10-13-16-19-22-25-28-30-32-34-35-36-37-38-39-40-41-43-44-46-49-52-55-58-61-64-67-74(78)76-72(71-83-85(80,81)82-70-69-77(4,5)6)73(66-63-60-57-54-51-48-27-24-21-18-15-12-9-3)84-75(79)68-65-62-59-56-53-50-47-45-42-33-31-29-26-23-20-17-14-11-8-2/h19-20,22-23,28-31,42,45,50,53,63,66,72-73H,7-18,21,24-27,32-41,43-44,46-49,51-52,54-62,64-65,67-71H2,1-6H3,(H-,76,78,80,81)/b22-19-,23-20-,30-28-,31-29-,45-42-,53-50-,66-63-. The van der Waals surface area contributed by atoms with Crippen LogP contribution >= 0.6 is 7.82 Å². The van der Waals surface area contributed by atoms with E-state index in [-0.39, 0.29) is 24.9 Å². The molecule has 85 heavy (non-hydrogen) atoms. The van der Waals surface area contributed by atoms with Crippen molar-refractivity contribution in [2.24, 2.45) is 0 Å². The molecule has 494 valence electrons. The predicted molar refractivity (Wildman–Crippen MR) is 367 cm³/mol. The molecule has 3 atom stereocenters. The van der Waals surface area contributed by atoms with Crippen LogP contribution in [0.3, 0.4) is 0 Å². The Morgan fingerprint density at radius 3 is 1.11 bits per heavy atom. The minimum Gasteiger partial charge on any atom is -0.756 e. The monoisotopic (exact) mass is 1210 g/mol. The van der Waals surface area contributed by atoms with E-state index < -0.39 is 26.6 Å². The molecule has 0 saturated carbocycles. The van der Waals surface area contributed by atoms with Gasteiger partial charge >= 0.3 is 5.97 Å². The van der Waals surface area contributed by atoms with E-state index >= 15 is 0 Å². The number of unbranched alkanes of at least 4 members (excludes halogenated alkanes) is 37. The Hall–Kier alpha value is -2.81. The molecule has 0 bridgehead atoms. The van der Waals surface area contributed by atoms with Gasteiger partial charge in [0.15, 0.2) is 0 Å². The normalized spacial score (nSPS) is 14.0. The Morgan fingerprint density at radius 1 is 0.412 bits per heavy atom. The third kappa shape index (κ3) is 65.5. The van der Waals surface area contributed by atoms with E-state index in [1.54, 1.807) is 0 Å². The summed E-state index contributed by atoms with van der Waals surface area (Å²) < 4.78 is 30.4. The first-order valence-electron chi connectivity index (χ1n) is 35.9. The minimum atomic E-state index is -4.72. The summed E-state index contributed by atoms with van der Waals surface area (Å²) in [4.78, 5) is 40.2. The average molecular weight is 1210 g/mol. The molecule has 0 saturated heterocycles. The van der Waals surface area contributed by atoms with E-state index in [0.717, 1.165) is 83.5 Å². The molecular formula is C75H137N2O7P. The van der Waals surface area contributed by atoms with Crippen molar-refractivity contribution < 1.29 is 37.3 Å². The van der Waals surface area contributed by atoms with Crippen molar-refractivity contribution in [1.82, 2.24) is 5.32 Å². The second-order valence-electron chi connectivity index (χ2n) is 25.4. The Labute approximate surface area is 526 Å². The maximum Gasteiger partial charge on any atom is 0.306 e. The molecule has 1 N–H and O–H groups in total. The van der Waals surface area contributed by atoms with Gasteiger partial charge in [-0.25, -0.2) is 0 Å². The van der Waals surface area contributed by atoms with Gasteiger partial charge in [-0.1, -0.05) is 292 Å². The molecule has 0 aromatic heterocycles. The first kappa shape index (κ1) is 82.2. The number of hydrogen-bond acceptors (Lipinski definition) is 7. The molecule has 0 spiro atoms. The summed E-state index contributed by atoms with van der Waals surface area (Å²) in [6, 6.07) is -0.905. The zero-order chi connectivity index (χ0) is 62.1. The molecule has 0 heterocycles. The number of ether oxygens (including phenoxy) is 1. The lowest BCUT2D eigenvalue weighted by molar-refractivity contribution is -0.870. The van der Waals surface area contributed by atoms with Crippen molar-refractivity contribution in [3.63, 3.8) is 0 Å². The quantitative estimate of drug-likeness (QED) is 0.0212. The lowest BCUT2D eigenvalue weighted by Gasteiger charge is -2.30. The van der Waals surface area contributed by atoms with Gasteiger partial charge in [-0.3, -0.25) is 14.2 Å². The summed E-state index contributed by atoms with van der Waals surface area (Å²) >= 11 is 0. The number of allylic oxidation sites excluding steroid dienone is 13. The number of hydrogen-bond donors (Lipinski definition) is 1. The topological polar surface area (TPSA) is 114 Å². The van der Waals surface area contributed by atoms with Crippen LogP contribution in [-0.2, 0) is 27.9 Å². The van der Waals surface area contributed by atoms with E-state index in [4.69, 9.17) is 13.8 Å². The van der Waals surface area contributed by atoms with Crippen LogP contribution in [0.2, 0.25) is 0 Å². The number of rotatable bonds is 65. The molecule has 0 radical (unpaired) electrons. The summed E-state index contributed by atoms with van der Waals surface area (Å²) in [5.41, 5.74) is 0. The first-order chi connectivity index (χ1) is 41.4. The number of amides is 1. The maximum atomic E-state index is 13.6. The van der Waals surface area contributed by atoms with E-state index in [9.17, 15) is 19.0 Å². The molecule has 0 rings (SSSR count). The number of nitrogens with one attached hydrogen (secondary N) is 1. The van der Waals surface area contributed by atoms with Gasteiger partial charge < -0.3 is 28.5 Å². The van der Waals surface area contributed by atoms with Crippen LogP contribution in [0.1, 0.15) is 329 Å². The third-order valence-electron chi connectivity index (χ3n) is 15.8. The van der Waals surface area contributed by atoms with Crippen LogP contribution < -0.4 is 10.2 Å². The van der Waals surface area contributed by atoms with E-state index in [1.807, 2.05) is 33.3 Å². The Morgan fingerprint density at radius 2 is 0.718 bits per heavy atom. The van der Waals surface area contributed by atoms with Crippen LogP contribution in [0, 0.1) is 0 Å². The van der Waals surface area contributed by atoms with Crippen molar-refractivity contribution in [2.45, 2.75) is 341 Å². The number of nitrogens with zero attached hydrogens (tertiary/aromatic N) is 1. The number of quaternary nitrogens is 1. The molecule has 3 unspecified atom stereocenters. The fraction of sp³-hybridized carbons (Fsp3) is 0.787. The fourth-order valence-corrected chi connectivity index (χ4v) is 11.0. The van der Waals surface area contributed by atoms with Crippen molar-refractivity contribution in [1.29, 1.82) is 0 Å². The number of carbonyl (C=O) groups is 2. The molecule has 0 aliphatic heterocycles. The highest BCUT2D eigenvalue weighted by Crippen LogP contribution is 2.38. The van der Waals surface area contributed by atoms with Gasteiger partial charge in [0.25, 0.3) is 7.82 Å². The average Bonchev–Trinajstić information content (AvgIpc) is 3.50. The first-order valence-corrected chi connectivity index (χ1v) is 37.4. The lowest BCUT2D eigenvalue weighted by atomic mass is 10.0. The minimum absolute atomic E-state index is 0.0294. The fourth-order valence-electron chi connectivity index (χ4n) is 10.2. The van der Waals surface area contributed by atoms with Crippen molar-refractivity contribution in [2.75, 3.05) is 40.9 Å². The van der Waals surface area contributed by atoms with Crippen LogP contribution in [-0.4, -0.2) is 69.4 Å². The van der Waals surface area contributed by atoms with Crippen LogP contribution in [0.25, 0.3) is 0 Å². The summed E-state index contributed by atoms with van der Waals surface area (Å²) in [7, 11) is 1.17. The molecule has 0 aliphatic carbocycles. The number of esters is 1. The van der Waals surface area contributed by atoms with Gasteiger partial charge in [-0.2, -0.15) is 0 Å². The van der Waals surface area contributed by atoms with Crippen LogP contribution in [0.4, 0.5) is 0 Å². The molecule has 10 heteroatoms. The second kappa shape index (κ2) is 64.2. The smallest absolute Gasteiger partial charge is 0.306 e. The van der Waals surface area contributed by atoms with E-state index in [1.165, 1.54) is 205 Å². The Bertz CT molecular complexity index is 1730. The zero-order valence-corrected chi connectivity index (χ0v) is 57.4. The Balaban J connectivity index is 5.09. The van der Waals surface area contributed by atoms with Crippen molar-refractivity contribution >= 4 is 19.7 Å².